The van der Waals surface area contributed by atoms with Gasteiger partial charge in [-0.15, -0.1) is 10.2 Å². The van der Waals surface area contributed by atoms with Crippen LogP contribution in [-0.4, -0.2) is 63.1 Å². The molecule has 8 heteroatoms. The highest BCUT2D eigenvalue weighted by molar-refractivity contribution is 5.78. The predicted molar refractivity (Wildman–Crippen MR) is 108 cm³/mol. The van der Waals surface area contributed by atoms with E-state index in [0.717, 1.165) is 64.1 Å². The zero-order chi connectivity index (χ0) is 20.1. The second-order valence-electron chi connectivity index (χ2n) is 8.10. The number of likely N-dealkylation sites (tertiary alicyclic amines) is 2. The van der Waals surface area contributed by atoms with Gasteiger partial charge in [-0.25, -0.2) is 0 Å². The first-order valence-corrected chi connectivity index (χ1v) is 10.6. The molecule has 2 fully saturated rings. The Balaban J connectivity index is 1.23. The van der Waals surface area contributed by atoms with Gasteiger partial charge >= 0.3 is 0 Å². The van der Waals surface area contributed by atoms with Crippen molar-refractivity contribution < 1.29 is 9.21 Å². The van der Waals surface area contributed by atoms with Crippen LogP contribution in [0.2, 0.25) is 0 Å². The van der Waals surface area contributed by atoms with Crippen molar-refractivity contribution in [1.82, 2.24) is 30.3 Å². The van der Waals surface area contributed by atoms with Crippen LogP contribution in [0.15, 0.2) is 28.8 Å². The number of carbonyl (C=O) groups excluding carboxylic acids is 1. The number of nitrogens with one attached hydrogen (secondary N) is 1. The van der Waals surface area contributed by atoms with E-state index < -0.39 is 0 Å². The summed E-state index contributed by atoms with van der Waals surface area (Å²) in [5.74, 6) is 1.55. The van der Waals surface area contributed by atoms with Crippen molar-refractivity contribution in [3.63, 3.8) is 0 Å². The molecule has 156 valence electrons. The first kappa shape index (κ1) is 20.0. The number of hydrogen-bond acceptors (Lipinski definition) is 7. The Labute approximate surface area is 171 Å². The average Bonchev–Trinajstić information content (AvgIpc) is 3.18. The summed E-state index contributed by atoms with van der Waals surface area (Å²) in [6.45, 7) is 7.06. The lowest BCUT2D eigenvalue weighted by Crippen LogP contribution is -2.50. The van der Waals surface area contributed by atoms with Gasteiger partial charge < -0.3 is 9.73 Å². The van der Waals surface area contributed by atoms with Crippen LogP contribution in [0.4, 0.5) is 0 Å². The van der Waals surface area contributed by atoms with E-state index in [4.69, 9.17) is 4.42 Å². The Hall–Kier alpha value is -2.32. The lowest BCUT2D eigenvalue weighted by atomic mass is 9.93. The van der Waals surface area contributed by atoms with E-state index in [0.29, 0.717) is 24.4 Å². The molecule has 4 heterocycles. The average molecular weight is 399 g/mol. The topological polar surface area (TPSA) is 87.4 Å². The molecule has 0 radical (unpaired) electrons. The third-order valence-corrected chi connectivity index (χ3v) is 5.99. The van der Waals surface area contributed by atoms with Crippen molar-refractivity contribution in [2.24, 2.45) is 5.92 Å². The third kappa shape index (κ3) is 5.39. The summed E-state index contributed by atoms with van der Waals surface area (Å²) < 4.78 is 5.50. The van der Waals surface area contributed by atoms with Crippen molar-refractivity contribution in [1.29, 1.82) is 0 Å². The van der Waals surface area contributed by atoms with E-state index >= 15 is 0 Å². The monoisotopic (exact) mass is 398 g/mol. The van der Waals surface area contributed by atoms with Crippen molar-refractivity contribution in [2.75, 3.05) is 26.2 Å². The molecule has 0 aliphatic carbocycles. The first-order chi connectivity index (χ1) is 14.2. The van der Waals surface area contributed by atoms with Gasteiger partial charge in [0.1, 0.15) is 0 Å². The lowest BCUT2D eigenvalue weighted by molar-refractivity contribution is -0.127. The summed E-state index contributed by atoms with van der Waals surface area (Å²) in [5.41, 5.74) is 0.900. The maximum absolute atomic E-state index is 12.7. The van der Waals surface area contributed by atoms with Gasteiger partial charge in [-0.05, 0) is 44.4 Å². The van der Waals surface area contributed by atoms with E-state index in [9.17, 15) is 4.79 Å². The molecule has 1 amide bonds. The van der Waals surface area contributed by atoms with Gasteiger partial charge in [-0.3, -0.25) is 19.6 Å². The molecule has 2 aliphatic heterocycles. The molecule has 0 aromatic carbocycles. The quantitative estimate of drug-likeness (QED) is 0.793. The molecule has 2 aliphatic rings. The van der Waals surface area contributed by atoms with Crippen molar-refractivity contribution in [3.8, 4) is 0 Å². The van der Waals surface area contributed by atoms with E-state index in [1.807, 2.05) is 25.1 Å². The van der Waals surface area contributed by atoms with Crippen LogP contribution < -0.4 is 5.32 Å². The standard InChI is InChI=1S/C21H30N6O2/c1-16-24-25-20(29-16)15-26-11-7-19(8-12-26)27-10-4-5-17(14-27)21(28)23-13-18-6-2-3-9-22-18/h2-3,6,9,17,19H,4-5,7-8,10-15H2,1H3,(H,23,28)/t17-/m0/s1. The van der Waals surface area contributed by atoms with Gasteiger partial charge in [0, 0.05) is 38.8 Å². The zero-order valence-corrected chi connectivity index (χ0v) is 17.1. The number of rotatable bonds is 6. The van der Waals surface area contributed by atoms with Crippen molar-refractivity contribution in [2.45, 2.75) is 51.7 Å². The zero-order valence-electron chi connectivity index (χ0n) is 17.1. The SMILES string of the molecule is Cc1nnc(CN2CCC(N3CCC[C@H](C(=O)NCc4ccccn4)C3)CC2)o1. The van der Waals surface area contributed by atoms with Gasteiger partial charge in [0.25, 0.3) is 0 Å². The van der Waals surface area contributed by atoms with E-state index in [1.165, 1.54) is 0 Å². The van der Waals surface area contributed by atoms with Crippen molar-refractivity contribution in [3.05, 3.63) is 41.9 Å². The van der Waals surface area contributed by atoms with Crippen LogP contribution in [0.25, 0.3) is 0 Å². The minimum atomic E-state index is 0.0758. The van der Waals surface area contributed by atoms with E-state index in [1.54, 1.807) is 6.20 Å². The van der Waals surface area contributed by atoms with Gasteiger partial charge in [-0.2, -0.15) is 0 Å². The number of carbonyl (C=O) groups is 1. The molecule has 0 bridgehead atoms. The molecular weight excluding hydrogens is 368 g/mol. The second kappa shape index (κ2) is 9.45. The number of aromatic nitrogens is 3. The highest BCUT2D eigenvalue weighted by Crippen LogP contribution is 2.24. The van der Waals surface area contributed by atoms with Crippen LogP contribution in [0.1, 0.15) is 43.2 Å². The van der Waals surface area contributed by atoms with Gasteiger partial charge in [0.2, 0.25) is 17.7 Å². The Kier molecular flexibility index (Phi) is 6.51. The number of hydrogen-bond donors (Lipinski definition) is 1. The lowest BCUT2D eigenvalue weighted by Gasteiger charge is -2.41. The number of nitrogens with zero attached hydrogens (tertiary/aromatic N) is 5. The Morgan fingerprint density at radius 1 is 1.21 bits per heavy atom. The molecule has 2 aromatic heterocycles. The Bertz CT molecular complexity index is 787. The molecule has 0 unspecified atom stereocenters. The summed E-state index contributed by atoms with van der Waals surface area (Å²) in [7, 11) is 0. The summed E-state index contributed by atoms with van der Waals surface area (Å²) in [6, 6.07) is 6.33. The van der Waals surface area contributed by atoms with Gasteiger partial charge in [0.05, 0.1) is 24.7 Å². The molecule has 2 aromatic rings. The van der Waals surface area contributed by atoms with Gasteiger partial charge in [0.15, 0.2) is 0 Å². The first-order valence-electron chi connectivity index (χ1n) is 10.6. The number of pyridine rings is 1. The van der Waals surface area contributed by atoms with Gasteiger partial charge in [-0.1, -0.05) is 6.07 Å². The molecular formula is C21H30N6O2. The van der Waals surface area contributed by atoms with E-state index in [-0.39, 0.29) is 11.8 Å². The van der Waals surface area contributed by atoms with Crippen molar-refractivity contribution >= 4 is 5.91 Å². The van der Waals surface area contributed by atoms with E-state index in [2.05, 4.69) is 30.3 Å². The molecule has 0 saturated carbocycles. The minimum Gasteiger partial charge on any atom is -0.424 e. The predicted octanol–water partition coefficient (Wildman–Crippen LogP) is 1.77. The fourth-order valence-electron chi connectivity index (χ4n) is 4.41. The summed E-state index contributed by atoms with van der Waals surface area (Å²) in [6.07, 6.45) is 6.06. The molecule has 0 spiro atoms. The Morgan fingerprint density at radius 2 is 2.07 bits per heavy atom. The summed E-state index contributed by atoms with van der Waals surface area (Å²) in [5, 5.41) is 11.1. The van der Waals surface area contributed by atoms with Crippen LogP contribution in [0.5, 0.6) is 0 Å². The number of piperidine rings is 2. The Morgan fingerprint density at radius 3 is 2.79 bits per heavy atom. The smallest absolute Gasteiger partial charge is 0.230 e. The highest BCUT2D eigenvalue weighted by Gasteiger charge is 2.31. The molecule has 1 atom stereocenters. The minimum absolute atomic E-state index is 0.0758. The molecule has 29 heavy (non-hydrogen) atoms. The van der Waals surface area contributed by atoms with Crippen LogP contribution >= 0.6 is 0 Å². The fraction of sp³-hybridized carbons (Fsp3) is 0.619. The second-order valence-corrected chi connectivity index (χ2v) is 8.10. The molecule has 1 N–H and O–H groups in total. The van der Waals surface area contributed by atoms with Crippen LogP contribution in [0.3, 0.4) is 0 Å². The fourth-order valence-corrected chi connectivity index (χ4v) is 4.41. The maximum Gasteiger partial charge on any atom is 0.230 e. The molecule has 4 rings (SSSR count). The third-order valence-electron chi connectivity index (χ3n) is 5.99. The molecule has 2 saturated heterocycles. The largest absolute Gasteiger partial charge is 0.424 e. The summed E-state index contributed by atoms with van der Waals surface area (Å²) in [4.78, 5) is 21.8. The van der Waals surface area contributed by atoms with Crippen LogP contribution in [0, 0.1) is 12.8 Å². The van der Waals surface area contributed by atoms with Crippen LogP contribution in [-0.2, 0) is 17.9 Å². The maximum atomic E-state index is 12.7. The highest BCUT2D eigenvalue weighted by atomic mass is 16.4. The summed E-state index contributed by atoms with van der Waals surface area (Å²) >= 11 is 0. The number of aryl methyl sites for hydroxylation is 1. The molecule has 8 nitrogen and oxygen atoms in total. The normalized spacial score (nSPS) is 21.9. The number of amides is 1.